The molecule has 0 heterocycles. The topological polar surface area (TPSA) is 0 Å². The molecule has 0 N–H and O–H groups in total. The van der Waals surface area contributed by atoms with Crippen molar-refractivity contribution in [1.29, 1.82) is 0 Å². The van der Waals surface area contributed by atoms with Crippen molar-refractivity contribution in [2.45, 2.75) is 25.2 Å². The van der Waals surface area contributed by atoms with Gasteiger partial charge in [0.05, 0.1) is 0 Å². The van der Waals surface area contributed by atoms with Crippen molar-refractivity contribution in [3.63, 3.8) is 0 Å². The van der Waals surface area contributed by atoms with Crippen LogP contribution in [0, 0.1) is 0 Å². The van der Waals surface area contributed by atoms with Crippen molar-refractivity contribution in [2.75, 3.05) is 0 Å². The highest BCUT2D eigenvalue weighted by Gasteiger charge is 2.34. The van der Waals surface area contributed by atoms with Gasteiger partial charge < -0.3 is 0 Å². The molecule has 0 aliphatic heterocycles. The quantitative estimate of drug-likeness (QED) is 0.243. The van der Waals surface area contributed by atoms with Crippen molar-refractivity contribution in [1.82, 2.24) is 0 Å². The SMILES string of the molecule is C[Si](Cc1cccc(C[Si](C)(c2ccccc2)c2ccccc2)c1)(c1ccccc1)c1ccccc1. The van der Waals surface area contributed by atoms with Gasteiger partial charge in [-0.15, -0.1) is 0 Å². The van der Waals surface area contributed by atoms with Crippen molar-refractivity contribution < 1.29 is 0 Å². The van der Waals surface area contributed by atoms with Gasteiger partial charge in [-0.05, 0) is 23.2 Å². The molecule has 0 amide bonds. The van der Waals surface area contributed by atoms with Crippen LogP contribution in [-0.4, -0.2) is 16.1 Å². The number of hydrogen-bond acceptors (Lipinski definition) is 0. The second kappa shape index (κ2) is 10.7. The molecular formula is C34H34Si2. The van der Waals surface area contributed by atoms with E-state index in [9.17, 15) is 0 Å². The average Bonchev–Trinajstić information content (AvgIpc) is 2.95. The summed E-state index contributed by atoms with van der Waals surface area (Å²) in [5, 5.41) is 5.98. The lowest BCUT2D eigenvalue weighted by atomic mass is 10.2. The first-order valence-electron chi connectivity index (χ1n) is 12.9. The van der Waals surface area contributed by atoms with Gasteiger partial charge in [0.15, 0.2) is 0 Å². The summed E-state index contributed by atoms with van der Waals surface area (Å²) in [6.07, 6.45) is 0. The molecule has 0 nitrogen and oxygen atoms in total. The maximum atomic E-state index is 2.52. The summed E-state index contributed by atoms with van der Waals surface area (Å²) in [6.45, 7) is 5.05. The first-order valence-corrected chi connectivity index (χ1v) is 18.3. The summed E-state index contributed by atoms with van der Waals surface area (Å²) < 4.78 is 0. The van der Waals surface area contributed by atoms with E-state index in [0.29, 0.717) is 0 Å². The van der Waals surface area contributed by atoms with Crippen molar-refractivity contribution in [3.05, 3.63) is 157 Å². The van der Waals surface area contributed by atoms with Gasteiger partial charge in [-0.1, -0.05) is 179 Å². The summed E-state index contributed by atoms with van der Waals surface area (Å²) in [7, 11) is -3.88. The van der Waals surface area contributed by atoms with Gasteiger partial charge in [0.2, 0.25) is 0 Å². The molecule has 178 valence electrons. The second-order valence-corrected chi connectivity index (χ2v) is 18.6. The smallest absolute Gasteiger partial charge is 0.0626 e. The zero-order valence-electron chi connectivity index (χ0n) is 21.3. The number of hydrogen-bond donors (Lipinski definition) is 0. The minimum atomic E-state index is -1.94. The molecule has 0 aliphatic carbocycles. The summed E-state index contributed by atoms with van der Waals surface area (Å²) in [5.41, 5.74) is 2.90. The molecule has 0 aromatic heterocycles. The molecule has 5 aromatic carbocycles. The van der Waals surface area contributed by atoms with Crippen LogP contribution in [0.1, 0.15) is 11.1 Å². The maximum absolute atomic E-state index is 2.52. The minimum absolute atomic E-state index is 1.10. The molecule has 0 aliphatic rings. The molecule has 0 saturated heterocycles. The first-order chi connectivity index (χ1) is 17.6. The Morgan fingerprint density at radius 2 is 0.639 bits per heavy atom. The van der Waals surface area contributed by atoms with Crippen molar-refractivity contribution in [2.24, 2.45) is 0 Å². The lowest BCUT2D eigenvalue weighted by Gasteiger charge is -2.31. The van der Waals surface area contributed by atoms with Gasteiger partial charge in [-0.3, -0.25) is 0 Å². The van der Waals surface area contributed by atoms with Crippen LogP contribution in [0.25, 0.3) is 0 Å². The van der Waals surface area contributed by atoms with Crippen LogP contribution in [0.4, 0.5) is 0 Å². The predicted molar refractivity (Wildman–Crippen MR) is 161 cm³/mol. The van der Waals surface area contributed by atoms with E-state index in [2.05, 4.69) is 159 Å². The Hall–Kier alpha value is -3.47. The summed E-state index contributed by atoms with van der Waals surface area (Å²) in [5.74, 6) is 0. The van der Waals surface area contributed by atoms with Crippen molar-refractivity contribution >= 4 is 36.9 Å². The van der Waals surface area contributed by atoms with Crippen LogP contribution in [0.3, 0.4) is 0 Å². The highest BCUT2D eigenvalue weighted by atomic mass is 28.3. The molecule has 0 bridgehead atoms. The van der Waals surface area contributed by atoms with Gasteiger partial charge in [0.1, 0.15) is 16.1 Å². The minimum Gasteiger partial charge on any atom is -0.0626 e. The Labute approximate surface area is 218 Å². The number of benzene rings is 5. The van der Waals surface area contributed by atoms with Crippen LogP contribution in [0.5, 0.6) is 0 Å². The molecule has 5 rings (SSSR count). The van der Waals surface area contributed by atoms with Gasteiger partial charge in [-0.2, -0.15) is 0 Å². The lowest BCUT2D eigenvalue weighted by molar-refractivity contribution is 1.26. The average molecular weight is 499 g/mol. The summed E-state index contributed by atoms with van der Waals surface area (Å²) in [6, 6.07) is 56.3. The Kier molecular flexibility index (Phi) is 7.17. The van der Waals surface area contributed by atoms with E-state index >= 15 is 0 Å². The Bertz CT molecular complexity index is 1200. The molecular weight excluding hydrogens is 465 g/mol. The summed E-state index contributed by atoms with van der Waals surface area (Å²) >= 11 is 0. The molecule has 2 heteroatoms. The third-order valence-corrected chi connectivity index (χ3v) is 16.4. The van der Waals surface area contributed by atoms with Gasteiger partial charge >= 0.3 is 0 Å². The lowest BCUT2D eigenvalue weighted by Crippen LogP contribution is -2.58. The predicted octanol–water partition coefficient (Wildman–Crippen LogP) is 5.64. The third kappa shape index (κ3) is 5.06. The highest BCUT2D eigenvalue weighted by molar-refractivity contribution is 7.01. The van der Waals surface area contributed by atoms with Crippen molar-refractivity contribution in [3.8, 4) is 0 Å². The van der Waals surface area contributed by atoms with E-state index < -0.39 is 16.1 Å². The van der Waals surface area contributed by atoms with E-state index in [1.165, 1.54) is 31.9 Å². The van der Waals surface area contributed by atoms with Crippen LogP contribution in [0.15, 0.2) is 146 Å². The van der Waals surface area contributed by atoms with Gasteiger partial charge in [-0.25, -0.2) is 0 Å². The zero-order chi connectivity index (χ0) is 24.8. The molecule has 36 heavy (non-hydrogen) atoms. The Morgan fingerprint density at radius 3 is 0.917 bits per heavy atom. The Morgan fingerprint density at radius 1 is 0.361 bits per heavy atom. The largest absolute Gasteiger partial charge is 0.119 e. The van der Waals surface area contributed by atoms with Gasteiger partial charge in [0, 0.05) is 0 Å². The maximum Gasteiger partial charge on any atom is 0.119 e. The molecule has 0 saturated carbocycles. The second-order valence-electron chi connectivity index (χ2n) is 10.3. The monoisotopic (exact) mass is 498 g/mol. The highest BCUT2D eigenvalue weighted by Crippen LogP contribution is 2.19. The fourth-order valence-corrected chi connectivity index (χ4v) is 12.9. The van der Waals surface area contributed by atoms with Crippen LogP contribution >= 0.6 is 0 Å². The van der Waals surface area contributed by atoms with Gasteiger partial charge in [0.25, 0.3) is 0 Å². The molecule has 5 aromatic rings. The molecule has 0 spiro atoms. The number of rotatable bonds is 8. The third-order valence-electron chi connectivity index (χ3n) is 7.75. The van der Waals surface area contributed by atoms with Crippen LogP contribution < -0.4 is 20.7 Å². The normalized spacial score (nSPS) is 11.8. The Balaban J connectivity index is 1.52. The van der Waals surface area contributed by atoms with E-state index in [1.807, 2.05) is 0 Å². The van der Waals surface area contributed by atoms with E-state index in [1.54, 1.807) is 0 Å². The first kappa shape index (κ1) is 24.2. The van der Waals surface area contributed by atoms with E-state index in [0.717, 1.165) is 12.1 Å². The zero-order valence-corrected chi connectivity index (χ0v) is 23.3. The van der Waals surface area contributed by atoms with E-state index in [4.69, 9.17) is 0 Å². The van der Waals surface area contributed by atoms with E-state index in [-0.39, 0.29) is 0 Å². The fraction of sp³-hybridized carbons (Fsp3) is 0.118. The van der Waals surface area contributed by atoms with Crippen LogP contribution in [0.2, 0.25) is 13.1 Å². The molecule has 0 unspecified atom stereocenters. The molecule has 0 radical (unpaired) electrons. The summed E-state index contributed by atoms with van der Waals surface area (Å²) in [4.78, 5) is 0. The molecule has 0 atom stereocenters. The standard InChI is InChI=1S/C34H34Si2/c1-35(31-18-7-3-8-19-31,32-20-9-4-10-21-32)27-29-16-15-17-30(26-29)28-36(2,33-22-11-5-12-23-33)34-24-13-6-14-25-34/h3-26H,27-28H2,1-2H3. The molecule has 0 fully saturated rings. The van der Waals surface area contributed by atoms with Crippen LogP contribution in [-0.2, 0) is 12.1 Å². The fourth-order valence-electron chi connectivity index (χ4n) is 5.63.